The van der Waals surface area contributed by atoms with Gasteiger partial charge in [-0.05, 0) is 20.8 Å². The topological polar surface area (TPSA) is 40.0 Å². The first-order valence-corrected chi connectivity index (χ1v) is 7.43. The van der Waals surface area contributed by atoms with Crippen LogP contribution in [0.15, 0.2) is 0 Å². The molecule has 124 valence electrons. The van der Waals surface area contributed by atoms with Gasteiger partial charge in [0, 0.05) is 12.8 Å². The minimum atomic E-state index is -4.72. The maximum absolute atomic E-state index is 12.3. The number of rotatable bonds is 6. The number of likely N-dealkylation sites (tertiary alicyclic amines) is 1. The van der Waals surface area contributed by atoms with Crippen molar-refractivity contribution in [2.75, 3.05) is 26.1 Å². The molecule has 0 unspecified atom stereocenters. The summed E-state index contributed by atoms with van der Waals surface area (Å²) in [5.74, 6) is -0.315. The van der Waals surface area contributed by atoms with Gasteiger partial charge in [-0.1, -0.05) is 0 Å². The summed E-state index contributed by atoms with van der Waals surface area (Å²) in [6.07, 6.45) is 0.628. The van der Waals surface area contributed by atoms with Gasteiger partial charge in [0.05, 0.1) is 38.7 Å². The number of carbonyl (C=O) groups excluding carboxylic acids is 1. The largest absolute Gasteiger partial charge is 0.531 e. The van der Waals surface area contributed by atoms with Gasteiger partial charge in [0.1, 0.15) is 5.60 Å². The van der Waals surface area contributed by atoms with Crippen LogP contribution in [0.4, 0.5) is 12.9 Å². The highest BCUT2D eigenvalue weighted by molar-refractivity contribution is 6.58. The van der Waals surface area contributed by atoms with Crippen LogP contribution in [0.2, 0.25) is 0 Å². The summed E-state index contributed by atoms with van der Waals surface area (Å²) in [5.41, 5.74) is -0.509. The second kappa shape index (κ2) is 7.49. The van der Waals surface area contributed by atoms with Crippen molar-refractivity contribution in [1.82, 2.24) is 0 Å². The molecule has 1 heterocycles. The molecule has 4 nitrogen and oxygen atoms in total. The molecule has 0 amide bonds. The Balaban J connectivity index is 2.15. The first-order chi connectivity index (χ1) is 9.55. The lowest BCUT2D eigenvalue weighted by Crippen LogP contribution is -3.15. The minimum absolute atomic E-state index is 0.0445. The van der Waals surface area contributed by atoms with Gasteiger partial charge in [-0.25, -0.2) is 0 Å². The number of halogens is 3. The number of hydrogen-bond donors (Lipinski definition) is 1. The molecule has 1 rings (SSSR count). The highest BCUT2D eigenvalue weighted by atomic mass is 19.4. The van der Waals surface area contributed by atoms with Crippen molar-refractivity contribution in [1.29, 1.82) is 0 Å². The summed E-state index contributed by atoms with van der Waals surface area (Å²) in [6.45, 7) is 1.88. The molecule has 8 heteroatoms. The normalized spacial score (nSPS) is 23.9. The van der Waals surface area contributed by atoms with Gasteiger partial charge in [-0.3, -0.25) is 4.79 Å². The molecule has 0 aromatic heterocycles. The minimum Gasteiger partial charge on any atom is -0.460 e. The third-order valence-corrected chi connectivity index (χ3v) is 3.24. The highest BCUT2D eigenvalue weighted by Gasteiger charge is 2.32. The zero-order valence-electron chi connectivity index (χ0n) is 13.0. The predicted molar refractivity (Wildman–Crippen MR) is 74.1 cm³/mol. The van der Waals surface area contributed by atoms with Crippen molar-refractivity contribution >= 4 is 12.9 Å². The SMILES string of the molecule is CC(C)(C)OC(=O)CCOC1CC[NH+](C[B-](F)(F)F)CC1. The zero-order valence-corrected chi connectivity index (χ0v) is 13.0. The van der Waals surface area contributed by atoms with E-state index in [9.17, 15) is 17.7 Å². The van der Waals surface area contributed by atoms with E-state index in [1.807, 2.05) is 0 Å². The van der Waals surface area contributed by atoms with E-state index in [1.165, 1.54) is 0 Å². The Kier molecular flexibility index (Phi) is 6.53. The maximum Gasteiger partial charge on any atom is 0.531 e. The van der Waals surface area contributed by atoms with Crippen molar-refractivity contribution in [2.45, 2.75) is 51.7 Å². The number of hydrogen-bond acceptors (Lipinski definition) is 3. The highest BCUT2D eigenvalue weighted by Crippen LogP contribution is 2.11. The fourth-order valence-corrected chi connectivity index (χ4v) is 2.40. The van der Waals surface area contributed by atoms with Gasteiger partial charge in [0.2, 0.25) is 0 Å². The van der Waals surface area contributed by atoms with E-state index in [0.29, 0.717) is 30.8 Å². The number of carbonyl (C=O) groups is 1. The molecule has 1 fully saturated rings. The molecule has 0 bridgehead atoms. The number of piperidine rings is 1. The van der Waals surface area contributed by atoms with Crippen LogP contribution < -0.4 is 4.90 Å². The molecule has 0 spiro atoms. The Labute approximate surface area is 124 Å². The third-order valence-electron chi connectivity index (χ3n) is 3.24. The summed E-state index contributed by atoms with van der Waals surface area (Å²) in [7, 11) is 0. The average Bonchev–Trinajstić information content (AvgIpc) is 2.27. The fraction of sp³-hybridized carbons (Fsp3) is 0.923. The molecule has 0 saturated carbocycles. The van der Waals surface area contributed by atoms with Gasteiger partial charge in [-0.2, -0.15) is 0 Å². The van der Waals surface area contributed by atoms with Crippen molar-refractivity contribution in [3.63, 3.8) is 0 Å². The molecule has 21 heavy (non-hydrogen) atoms. The number of quaternary nitrogens is 1. The van der Waals surface area contributed by atoms with E-state index >= 15 is 0 Å². The van der Waals surface area contributed by atoms with Crippen LogP contribution in [-0.2, 0) is 14.3 Å². The lowest BCUT2D eigenvalue weighted by atomic mass is 9.90. The molecule has 1 aliphatic rings. The van der Waals surface area contributed by atoms with Crippen molar-refractivity contribution in [3.05, 3.63) is 0 Å². The number of esters is 1. The summed E-state index contributed by atoms with van der Waals surface area (Å²) in [6, 6.07) is 0. The van der Waals surface area contributed by atoms with Crippen molar-refractivity contribution in [3.8, 4) is 0 Å². The Morgan fingerprint density at radius 3 is 2.29 bits per heavy atom. The Morgan fingerprint density at radius 2 is 1.81 bits per heavy atom. The standard InChI is InChI=1S/C13H24BF3NO3/c1-13(2,3)21-12(19)6-9-20-11-4-7-18(8-5-11)10-14(15,16)17/h11H,4-10H2,1-3H3/q-1/p+1. The molecule has 0 aliphatic carbocycles. The summed E-state index contributed by atoms with van der Waals surface area (Å²) < 4.78 is 47.7. The summed E-state index contributed by atoms with van der Waals surface area (Å²) >= 11 is 0. The first-order valence-electron chi connectivity index (χ1n) is 7.43. The van der Waals surface area contributed by atoms with Crippen LogP contribution in [0.5, 0.6) is 0 Å². The smallest absolute Gasteiger partial charge is 0.460 e. The second-order valence-electron chi connectivity index (χ2n) is 6.57. The maximum atomic E-state index is 12.3. The molecule has 0 aromatic rings. The van der Waals surface area contributed by atoms with Crippen LogP contribution in [-0.4, -0.2) is 50.8 Å². The number of nitrogens with one attached hydrogen (secondary N) is 1. The summed E-state index contributed by atoms with van der Waals surface area (Å²) in [5, 5.41) is 0. The van der Waals surface area contributed by atoms with Gasteiger partial charge in [0.25, 0.3) is 0 Å². The van der Waals surface area contributed by atoms with Gasteiger partial charge < -0.3 is 27.3 Å². The molecule has 1 aliphatic heterocycles. The molecular formula is C13H25BF3NO3. The van der Waals surface area contributed by atoms with E-state index in [1.54, 1.807) is 20.8 Å². The summed E-state index contributed by atoms with van der Waals surface area (Å²) in [4.78, 5) is 12.1. The quantitative estimate of drug-likeness (QED) is 0.591. The molecule has 0 aromatic carbocycles. The van der Waals surface area contributed by atoms with Gasteiger partial charge >= 0.3 is 12.9 Å². The van der Waals surface area contributed by atoms with Crippen LogP contribution >= 0.6 is 0 Å². The first kappa shape index (κ1) is 18.3. The van der Waals surface area contributed by atoms with E-state index in [-0.39, 0.29) is 25.1 Å². The van der Waals surface area contributed by atoms with Crippen LogP contribution in [0.25, 0.3) is 0 Å². The third kappa shape index (κ3) is 8.98. The Morgan fingerprint density at radius 1 is 1.24 bits per heavy atom. The molecular weight excluding hydrogens is 286 g/mol. The van der Waals surface area contributed by atoms with Crippen LogP contribution in [0, 0.1) is 0 Å². The molecule has 0 radical (unpaired) electrons. The van der Waals surface area contributed by atoms with Gasteiger partial charge in [0.15, 0.2) is 0 Å². The van der Waals surface area contributed by atoms with Gasteiger partial charge in [-0.15, -0.1) is 0 Å². The Bertz CT molecular complexity index is 337. The van der Waals surface area contributed by atoms with Crippen LogP contribution in [0.1, 0.15) is 40.0 Å². The molecule has 1 N–H and O–H groups in total. The predicted octanol–water partition coefficient (Wildman–Crippen LogP) is 1.17. The monoisotopic (exact) mass is 311 g/mol. The van der Waals surface area contributed by atoms with E-state index in [0.717, 1.165) is 0 Å². The van der Waals surface area contributed by atoms with E-state index in [2.05, 4.69) is 0 Å². The van der Waals surface area contributed by atoms with E-state index in [4.69, 9.17) is 9.47 Å². The fourth-order valence-electron chi connectivity index (χ4n) is 2.40. The number of ether oxygens (including phenoxy) is 2. The second-order valence-corrected chi connectivity index (χ2v) is 6.57. The Hall–Kier alpha value is -0.755. The lowest BCUT2D eigenvalue weighted by molar-refractivity contribution is -0.897. The molecule has 1 saturated heterocycles. The lowest BCUT2D eigenvalue weighted by Gasteiger charge is -2.32. The average molecular weight is 311 g/mol. The zero-order chi connectivity index (χ0) is 16.1. The van der Waals surface area contributed by atoms with E-state index < -0.39 is 19.0 Å². The molecule has 0 atom stereocenters. The van der Waals surface area contributed by atoms with Crippen LogP contribution in [0.3, 0.4) is 0 Å². The van der Waals surface area contributed by atoms with Crippen molar-refractivity contribution in [2.24, 2.45) is 0 Å². The van der Waals surface area contributed by atoms with Crippen molar-refractivity contribution < 1.29 is 32.1 Å².